The van der Waals surface area contributed by atoms with Gasteiger partial charge in [-0.2, -0.15) is 4.98 Å². The molecule has 4 aromatic rings. The molecule has 0 aliphatic rings. The van der Waals surface area contributed by atoms with Crippen LogP contribution in [0.3, 0.4) is 0 Å². The van der Waals surface area contributed by atoms with E-state index < -0.39 is 9.84 Å². The Morgan fingerprint density at radius 3 is 2.34 bits per heavy atom. The lowest BCUT2D eigenvalue weighted by molar-refractivity contribution is 0.450. The van der Waals surface area contributed by atoms with Gasteiger partial charge in [-0.3, -0.25) is 0 Å². The Bertz CT molecular complexity index is 1200. The molecule has 0 bridgehead atoms. The van der Waals surface area contributed by atoms with Gasteiger partial charge < -0.3 is 8.83 Å². The molecule has 5 nitrogen and oxygen atoms in total. The standard InChI is InChI=1S/C22H19NO4S2/c1-15-10-12-18(13-11-15)29(24,25)21-22(27-20(23-21)19-9-6-14-26-19)28-16(2)17-7-4-3-5-8-17/h3-14,16H,1-2H3. The number of benzene rings is 2. The van der Waals surface area contributed by atoms with E-state index in [1.165, 1.54) is 18.0 Å². The average Bonchev–Trinajstić information content (AvgIpc) is 3.39. The largest absolute Gasteiger partial charge is 0.459 e. The average molecular weight is 426 g/mol. The molecule has 7 heteroatoms. The molecule has 0 amide bonds. The van der Waals surface area contributed by atoms with Crippen LogP contribution in [-0.4, -0.2) is 13.4 Å². The summed E-state index contributed by atoms with van der Waals surface area (Å²) in [5.41, 5.74) is 2.04. The van der Waals surface area contributed by atoms with E-state index in [2.05, 4.69) is 4.98 Å². The Hall–Kier alpha value is -2.77. The van der Waals surface area contributed by atoms with Crippen molar-refractivity contribution in [2.45, 2.75) is 34.1 Å². The molecule has 29 heavy (non-hydrogen) atoms. The van der Waals surface area contributed by atoms with E-state index >= 15 is 0 Å². The van der Waals surface area contributed by atoms with Gasteiger partial charge in [-0.05, 0) is 43.7 Å². The van der Waals surface area contributed by atoms with E-state index in [1.807, 2.05) is 44.2 Å². The number of thioether (sulfide) groups is 1. The van der Waals surface area contributed by atoms with Crippen molar-refractivity contribution in [1.29, 1.82) is 0 Å². The fourth-order valence-electron chi connectivity index (χ4n) is 2.82. The number of hydrogen-bond acceptors (Lipinski definition) is 6. The number of hydrogen-bond donors (Lipinski definition) is 0. The quantitative estimate of drug-likeness (QED) is 0.357. The second kappa shape index (κ2) is 7.93. The Labute approximate surface area is 173 Å². The molecule has 0 fully saturated rings. The Morgan fingerprint density at radius 1 is 0.966 bits per heavy atom. The molecule has 1 atom stereocenters. The highest BCUT2D eigenvalue weighted by Gasteiger charge is 2.30. The topological polar surface area (TPSA) is 73.3 Å². The third kappa shape index (κ3) is 4.02. The summed E-state index contributed by atoms with van der Waals surface area (Å²) in [6, 6.07) is 19.9. The van der Waals surface area contributed by atoms with Gasteiger partial charge in [0.1, 0.15) is 0 Å². The fraction of sp³-hybridized carbons (Fsp3) is 0.136. The van der Waals surface area contributed by atoms with E-state index in [-0.39, 0.29) is 26.2 Å². The fourth-order valence-corrected chi connectivity index (χ4v) is 5.37. The predicted molar refractivity (Wildman–Crippen MR) is 112 cm³/mol. The Balaban J connectivity index is 1.78. The van der Waals surface area contributed by atoms with Gasteiger partial charge in [-0.25, -0.2) is 8.42 Å². The third-order valence-corrected chi connectivity index (χ3v) is 7.36. The minimum atomic E-state index is -3.85. The van der Waals surface area contributed by atoms with Gasteiger partial charge in [-0.15, -0.1) is 0 Å². The lowest BCUT2D eigenvalue weighted by atomic mass is 10.2. The molecule has 0 radical (unpaired) electrons. The van der Waals surface area contributed by atoms with Crippen LogP contribution in [0.5, 0.6) is 0 Å². The smallest absolute Gasteiger partial charge is 0.265 e. The van der Waals surface area contributed by atoms with Crippen LogP contribution in [0, 0.1) is 6.92 Å². The highest BCUT2D eigenvalue weighted by Crippen LogP contribution is 2.41. The first kappa shape index (κ1) is 19.5. The summed E-state index contributed by atoms with van der Waals surface area (Å²) >= 11 is 1.32. The van der Waals surface area contributed by atoms with Gasteiger partial charge in [0.2, 0.25) is 20.0 Å². The third-order valence-electron chi connectivity index (χ3n) is 4.44. The number of sulfone groups is 1. The van der Waals surface area contributed by atoms with Crippen molar-refractivity contribution in [2.75, 3.05) is 0 Å². The van der Waals surface area contributed by atoms with Crippen molar-refractivity contribution in [3.63, 3.8) is 0 Å². The first-order chi connectivity index (χ1) is 13.9. The highest BCUT2D eigenvalue weighted by molar-refractivity contribution is 8.00. The predicted octanol–water partition coefficient (Wildman–Crippen LogP) is 5.93. The molecule has 2 aromatic carbocycles. The normalized spacial score (nSPS) is 12.8. The minimum Gasteiger partial charge on any atom is -0.459 e. The van der Waals surface area contributed by atoms with Crippen LogP contribution in [0.4, 0.5) is 0 Å². The Morgan fingerprint density at radius 2 is 1.69 bits per heavy atom. The van der Waals surface area contributed by atoms with E-state index in [0.717, 1.165) is 11.1 Å². The van der Waals surface area contributed by atoms with Gasteiger partial charge in [0.05, 0.1) is 11.2 Å². The van der Waals surface area contributed by atoms with Gasteiger partial charge >= 0.3 is 0 Å². The Kier molecular flexibility index (Phi) is 5.34. The zero-order chi connectivity index (χ0) is 20.4. The molecule has 0 aliphatic heterocycles. The summed E-state index contributed by atoms with van der Waals surface area (Å²) in [4.78, 5) is 4.48. The highest BCUT2D eigenvalue weighted by atomic mass is 32.2. The monoisotopic (exact) mass is 425 g/mol. The van der Waals surface area contributed by atoms with Crippen LogP contribution >= 0.6 is 11.8 Å². The van der Waals surface area contributed by atoms with Crippen LogP contribution in [0.2, 0.25) is 0 Å². The van der Waals surface area contributed by atoms with Crippen LogP contribution in [0.1, 0.15) is 23.3 Å². The molecule has 0 saturated carbocycles. The zero-order valence-corrected chi connectivity index (χ0v) is 17.5. The maximum Gasteiger partial charge on any atom is 0.265 e. The van der Waals surface area contributed by atoms with Crippen molar-refractivity contribution in [3.05, 3.63) is 84.1 Å². The van der Waals surface area contributed by atoms with E-state index in [9.17, 15) is 8.42 Å². The first-order valence-electron chi connectivity index (χ1n) is 9.03. The molecule has 1 unspecified atom stereocenters. The van der Waals surface area contributed by atoms with Crippen LogP contribution < -0.4 is 0 Å². The maximum absolute atomic E-state index is 13.3. The molecule has 0 aliphatic carbocycles. The van der Waals surface area contributed by atoms with Gasteiger partial charge in [0.15, 0.2) is 5.76 Å². The number of rotatable bonds is 6. The first-order valence-corrected chi connectivity index (χ1v) is 11.4. The molecule has 0 saturated heterocycles. The SMILES string of the molecule is Cc1ccc(S(=O)(=O)c2nc(-c3ccco3)oc2SC(C)c2ccccc2)cc1. The number of aryl methyl sites for hydroxylation is 1. The van der Waals surface area contributed by atoms with Crippen LogP contribution in [0.25, 0.3) is 11.7 Å². The van der Waals surface area contributed by atoms with Crippen molar-refractivity contribution in [2.24, 2.45) is 0 Å². The van der Waals surface area contributed by atoms with E-state index in [1.54, 1.807) is 36.4 Å². The molecule has 4 rings (SSSR count). The number of oxazole rings is 1. The number of nitrogens with zero attached hydrogens (tertiary/aromatic N) is 1. The lowest BCUT2D eigenvalue weighted by Gasteiger charge is -2.10. The summed E-state index contributed by atoms with van der Waals surface area (Å²) in [5.74, 6) is 0.521. The van der Waals surface area contributed by atoms with Crippen molar-refractivity contribution in [3.8, 4) is 11.7 Å². The summed E-state index contributed by atoms with van der Waals surface area (Å²) in [5, 5.41) is 0.120. The van der Waals surface area contributed by atoms with Gasteiger partial charge in [0, 0.05) is 5.25 Å². The van der Waals surface area contributed by atoms with Crippen molar-refractivity contribution >= 4 is 21.6 Å². The zero-order valence-electron chi connectivity index (χ0n) is 15.9. The van der Waals surface area contributed by atoms with Crippen molar-refractivity contribution in [1.82, 2.24) is 4.98 Å². The van der Waals surface area contributed by atoms with E-state index in [0.29, 0.717) is 5.76 Å². The van der Waals surface area contributed by atoms with Crippen molar-refractivity contribution < 1.29 is 17.3 Å². The summed E-state index contributed by atoms with van der Waals surface area (Å²) in [7, 11) is -3.85. The number of furan rings is 1. The molecule has 148 valence electrons. The molecule has 0 N–H and O–H groups in total. The van der Waals surface area contributed by atoms with Crippen LogP contribution in [-0.2, 0) is 9.84 Å². The second-order valence-electron chi connectivity index (χ2n) is 6.58. The van der Waals surface area contributed by atoms with Crippen LogP contribution in [0.15, 0.2) is 96.8 Å². The number of aromatic nitrogens is 1. The van der Waals surface area contributed by atoms with Gasteiger partial charge in [-0.1, -0.05) is 59.8 Å². The summed E-state index contributed by atoms with van der Waals surface area (Å²) < 4.78 is 37.8. The molecule has 2 aromatic heterocycles. The van der Waals surface area contributed by atoms with Gasteiger partial charge in [0.25, 0.3) is 5.89 Å². The van der Waals surface area contributed by atoms with E-state index in [4.69, 9.17) is 8.83 Å². The molecule has 0 spiro atoms. The summed E-state index contributed by atoms with van der Waals surface area (Å²) in [6.07, 6.45) is 1.49. The molecule has 2 heterocycles. The molecular formula is C22H19NO4S2. The minimum absolute atomic E-state index is 0.0273. The summed E-state index contributed by atoms with van der Waals surface area (Å²) in [6.45, 7) is 3.90. The lowest BCUT2D eigenvalue weighted by Crippen LogP contribution is -2.04. The molecular weight excluding hydrogens is 406 g/mol. The second-order valence-corrected chi connectivity index (χ2v) is 9.75. The maximum atomic E-state index is 13.3.